The van der Waals surface area contributed by atoms with Crippen molar-refractivity contribution in [1.29, 1.82) is 0 Å². The van der Waals surface area contributed by atoms with Crippen LogP contribution in [0.15, 0.2) is 41.7 Å². The molecule has 0 amide bonds. The fourth-order valence-corrected chi connectivity index (χ4v) is 3.01. The van der Waals surface area contributed by atoms with Crippen LogP contribution in [0.4, 0.5) is 18.9 Å². The average Bonchev–Trinajstić information content (AvgIpc) is 2.93. The Morgan fingerprint density at radius 1 is 1.32 bits per heavy atom. The van der Waals surface area contributed by atoms with Crippen LogP contribution in [-0.4, -0.2) is 17.6 Å². The van der Waals surface area contributed by atoms with Crippen molar-refractivity contribution in [3.63, 3.8) is 0 Å². The molecule has 1 aromatic carbocycles. The van der Waals surface area contributed by atoms with E-state index in [1.807, 2.05) is 11.0 Å². The highest BCUT2D eigenvalue weighted by Crippen LogP contribution is 2.36. The number of nitrogens with zero attached hydrogens (tertiary/aromatic N) is 1. The first-order valence-corrected chi connectivity index (χ1v) is 7.03. The van der Waals surface area contributed by atoms with Gasteiger partial charge in [-0.05, 0) is 31.0 Å². The summed E-state index contributed by atoms with van der Waals surface area (Å²) in [4.78, 5) is 15.9. The van der Waals surface area contributed by atoms with Crippen molar-refractivity contribution in [2.45, 2.75) is 25.1 Å². The molecule has 22 heavy (non-hydrogen) atoms. The van der Waals surface area contributed by atoms with Gasteiger partial charge in [-0.1, -0.05) is 6.08 Å². The maximum atomic E-state index is 13.2. The summed E-state index contributed by atoms with van der Waals surface area (Å²) in [5.41, 5.74) is -0.745. The normalized spacial score (nSPS) is 18.9. The molecule has 0 aliphatic carbocycles. The molecule has 1 fully saturated rings. The number of rotatable bonds is 2. The minimum Gasteiger partial charge on any atom is -0.365 e. The molecule has 2 aromatic rings. The molecule has 1 saturated heterocycles. The molecule has 1 aliphatic heterocycles. The number of halogens is 3. The first-order chi connectivity index (χ1) is 10.4. The summed E-state index contributed by atoms with van der Waals surface area (Å²) in [6.07, 6.45) is -0.825. The van der Waals surface area contributed by atoms with Gasteiger partial charge in [-0.2, -0.15) is 13.2 Å². The second-order valence-corrected chi connectivity index (χ2v) is 5.41. The first kappa shape index (κ1) is 14.7. The number of benzene rings is 1. The molecule has 0 saturated carbocycles. The summed E-state index contributed by atoms with van der Waals surface area (Å²) in [7, 11) is 0. The zero-order chi connectivity index (χ0) is 15.9. The van der Waals surface area contributed by atoms with Gasteiger partial charge in [0.1, 0.15) is 0 Å². The Kier molecular flexibility index (Phi) is 3.47. The molecule has 2 heterocycles. The Hall–Kier alpha value is -2.24. The fourth-order valence-electron chi connectivity index (χ4n) is 3.01. The van der Waals surface area contributed by atoms with Gasteiger partial charge in [-0.25, -0.2) is 0 Å². The summed E-state index contributed by atoms with van der Waals surface area (Å²) in [6.45, 7) is 4.56. The van der Waals surface area contributed by atoms with E-state index in [-0.39, 0.29) is 16.9 Å². The van der Waals surface area contributed by atoms with Crippen LogP contribution >= 0.6 is 0 Å². The summed E-state index contributed by atoms with van der Waals surface area (Å²) in [5, 5.41) is 0.0133. The minimum atomic E-state index is -4.56. The molecule has 0 unspecified atom stereocenters. The number of hydrogen-bond donors (Lipinski definition) is 1. The molecule has 0 spiro atoms. The van der Waals surface area contributed by atoms with Gasteiger partial charge in [0.15, 0.2) is 0 Å². The van der Waals surface area contributed by atoms with E-state index < -0.39 is 17.3 Å². The number of aromatic nitrogens is 1. The lowest BCUT2D eigenvalue weighted by atomic mass is 10.1. The average molecular weight is 308 g/mol. The zero-order valence-electron chi connectivity index (χ0n) is 11.8. The number of alkyl halides is 3. The highest BCUT2D eigenvalue weighted by atomic mass is 19.4. The number of anilines is 1. The Morgan fingerprint density at radius 2 is 2.09 bits per heavy atom. The van der Waals surface area contributed by atoms with Crippen molar-refractivity contribution in [2.24, 2.45) is 0 Å². The second-order valence-electron chi connectivity index (χ2n) is 5.41. The Balaban J connectivity index is 2.18. The molecular weight excluding hydrogens is 293 g/mol. The van der Waals surface area contributed by atoms with Crippen LogP contribution in [0.2, 0.25) is 0 Å². The van der Waals surface area contributed by atoms with Crippen LogP contribution in [-0.2, 0) is 6.18 Å². The monoisotopic (exact) mass is 308 g/mol. The lowest BCUT2D eigenvalue weighted by Gasteiger charge is -2.25. The summed E-state index contributed by atoms with van der Waals surface area (Å²) in [6, 6.07) is 5.51. The second kappa shape index (κ2) is 5.19. The van der Waals surface area contributed by atoms with E-state index in [9.17, 15) is 18.0 Å². The third-order valence-corrected chi connectivity index (χ3v) is 4.03. The number of H-pyrrole nitrogens is 1. The molecule has 1 atom stereocenters. The van der Waals surface area contributed by atoms with Crippen molar-refractivity contribution in [2.75, 3.05) is 11.4 Å². The molecule has 0 radical (unpaired) electrons. The van der Waals surface area contributed by atoms with E-state index >= 15 is 0 Å². The Morgan fingerprint density at radius 3 is 2.77 bits per heavy atom. The van der Waals surface area contributed by atoms with Gasteiger partial charge in [-0.3, -0.25) is 4.79 Å². The van der Waals surface area contributed by atoms with Crippen LogP contribution in [0.1, 0.15) is 18.4 Å². The van der Waals surface area contributed by atoms with Crippen LogP contribution < -0.4 is 10.5 Å². The molecule has 3 rings (SSSR count). The molecule has 0 bridgehead atoms. The first-order valence-electron chi connectivity index (χ1n) is 7.03. The van der Waals surface area contributed by atoms with Gasteiger partial charge < -0.3 is 9.88 Å². The number of nitrogens with one attached hydrogen (secondary N) is 1. The largest absolute Gasteiger partial charge is 0.417 e. The van der Waals surface area contributed by atoms with Gasteiger partial charge in [0.25, 0.3) is 0 Å². The van der Waals surface area contributed by atoms with Gasteiger partial charge in [0.05, 0.1) is 5.56 Å². The SMILES string of the molecule is C=C[C@H]1CCCN1c1ccc2[nH]c(=O)cc(C(F)(F)F)c2c1. The lowest BCUT2D eigenvalue weighted by molar-refractivity contribution is -0.136. The van der Waals surface area contributed by atoms with Crippen LogP contribution in [0.3, 0.4) is 0 Å². The molecule has 1 aromatic heterocycles. The highest BCUT2D eigenvalue weighted by Gasteiger charge is 2.33. The van der Waals surface area contributed by atoms with Crippen molar-refractivity contribution in [3.8, 4) is 0 Å². The minimum absolute atomic E-state index is 0.0133. The maximum Gasteiger partial charge on any atom is 0.417 e. The van der Waals surface area contributed by atoms with Gasteiger partial charge in [0, 0.05) is 35.2 Å². The van der Waals surface area contributed by atoms with E-state index in [2.05, 4.69) is 11.6 Å². The summed E-state index contributed by atoms with van der Waals surface area (Å²) >= 11 is 0. The number of pyridine rings is 1. The number of fused-ring (bicyclic) bond motifs is 1. The van der Waals surface area contributed by atoms with Crippen LogP contribution in [0.25, 0.3) is 10.9 Å². The Bertz CT molecular complexity index is 779. The van der Waals surface area contributed by atoms with Gasteiger partial charge in [-0.15, -0.1) is 6.58 Å². The summed E-state index contributed by atoms with van der Waals surface area (Å²) < 4.78 is 39.5. The highest BCUT2D eigenvalue weighted by molar-refractivity contribution is 5.86. The standard InChI is InChI=1S/C16H15F3N2O/c1-2-10-4-3-7-21(10)11-5-6-14-12(8-11)13(16(17,18)19)9-15(22)20-14/h2,5-6,8-10H,1,3-4,7H2,(H,20,22)/t10-/m0/s1. The topological polar surface area (TPSA) is 36.1 Å². The smallest absolute Gasteiger partial charge is 0.365 e. The van der Waals surface area contributed by atoms with Crippen molar-refractivity contribution in [1.82, 2.24) is 4.98 Å². The van der Waals surface area contributed by atoms with Crippen LogP contribution in [0, 0.1) is 0 Å². The van der Waals surface area contributed by atoms with E-state index in [0.29, 0.717) is 11.8 Å². The van der Waals surface area contributed by atoms with E-state index in [1.165, 1.54) is 12.1 Å². The zero-order valence-corrected chi connectivity index (χ0v) is 11.8. The molecular formula is C16H15F3N2O. The van der Waals surface area contributed by atoms with E-state index in [0.717, 1.165) is 19.4 Å². The molecule has 1 aliphatic rings. The van der Waals surface area contributed by atoms with Crippen molar-refractivity contribution in [3.05, 3.63) is 52.8 Å². The quantitative estimate of drug-likeness (QED) is 0.859. The van der Waals surface area contributed by atoms with Crippen LogP contribution in [0.5, 0.6) is 0 Å². The number of aromatic amines is 1. The molecule has 3 nitrogen and oxygen atoms in total. The predicted octanol–water partition coefficient (Wildman–Crippen LogP) is 3.70. The molecule has 116 valence electrons. The van der Waals surface area contributed by atoms with E-state index in [4.69, 9.17) is 0 Å². The lowest BCUT2D eigenvalue weighted by Crippen LogP contribution is -2.27. The third-order valence-electron chi connectivity index (χ3n) is 4.03. The number of hydrogen-bond acceptors (Lipinski definition) is 2. The van der Waals surface area contributed by atoms with Crippen molar-refractivity contribution >= 4 is 16.6 Å². The predicted molar refractivity (Wildman–Crippen MR) is 80.1 cm³/mol. The maximum absolute atomic E-state index is 13.2. The van der Waals surface area contributed by atoms with Gasteiger partial charge in [0.2, 0.25) is 5.56 Å². The molecule has 6 heteroatoms. The Labute approximate surface area is 125 Å². The van der Waals surface area contributed by atoms with Crippen molar-refractivity contribution < 1.29 is 13.2 Å². The fraction of sp³-hybridized carbons (Fsp3) is 0.312. The van der Waals surface area contributed by atoms with Gasteiger partial charge >= 0.3 is 6.18 Å². The third kappa shape index (κ3) is 2.49. The molecule has 1 N–H and O–H groups in total. The summed E-state index contributed by atoms with van der Waals surface area (Å²) in [5.74, 6) is 0. The van der Waals surface area contributed by atoms with E-state index in [1.54, 1.807) is 6.07 Å².